The van der Waals surface area contributed by atoms with E-state index in [-0.39, 0.29) is 0 Å². The van der Waals surface area contributed by atoms with E-state index in [0.29, 0.717) is 5.95 Å². The van der Waals surface area contributed by atoms with Gasteiger partial charge in [0.15, 0.2) is 0 Å². The number of hydrogen-bond acceptors (Lipinski definition) is 4. The van der Waals surface area contributed by atoms with Crippen molar-refractivity contribution in [3.8, 4) is 0 Å². The van der Waals surface area contributed by atoms with E-state index < -0.39 is 0 Å². The highest BCUT2D eigenvalue weighted by molar-refractivity contribution is 5.62. The summed E-state index contributed by atoms with van der Waals surface area (Å²) in [7, 11) is 0. The fourth-order valence-electron chi connectivity index (χ4n) is 2.10. The van der Waals surface area contributed by atoms with Crippen LogP contribution in [-0.2, 0) is 0 Å². The Balaban J connectivity index is 2.17. The van der Waals surface area contributed by atoms with Gasteiger partial charge in [-0.1, -0.05) is 25.5 Å². The van der Waals surface area contributed by atoms with Crippen molar-refractivity contribution in [1.82, 2.24) is 9.97 Å². The van der Waals surface area contributed by atoms with Crippen LogP contribution in [0.25, 0.3) is 0 Å². The van der Waals surface area contributed by atoms with Crippen LogP contribution in [-0.4, -0.2) is 16.5 Å². The first-order valence-electron chi connectivity index (χ1n) is 7.52. The van der Waals surface area contributed by atoms with Gasteiger partial charge in [0.05, 0.1) is 0 Å². The number of aryl methyl sites for hydroxylation is 3. The molecule has 1 aromatic carbocycles. The summed E-state index contributed by atoms with van der Waals surface area (Å²) in [6.45, 7) is 9.25. The minimum atomic E-state index is 0.691. The van der Waals surface area contributed by atoms with Crippen molar-refractivity contribution in [1.29, 1.82) is 0 Å². The zero-order chi connectivity index (χ0) is 15.2. The maximum absolute atomic E-state index is 4.54. The first kappa shape index (κ1) is 15.3. The fourth-order valence-corrected chi connectivity index (χ4v) is 2.10. The average Bonchev–Trinajstić information content (AvgIpc) is 2.43. The molecule has 4 nitrogen and oxygen atoms in total. The summed E-state index contributed by atoms with van der Waals surface area (Å²) in [5, 5.41) is 6.67. The molecule has 0 bridgehead atoms. The molecule has 0 aliphatic rings. The summed E-state index contributed by atoms with van der Waals surface area (Å²) in [5.41, 5.74) is 4.48. The minimum absolute atomic E-state index is 0.691. The van der Waals surface area contributed by atoms with Crippen LogP contribution in [0.1, 0.15) is 36.6 Å². The molecule has 0 spiro atoms. The Bertz CT molecular complexity index is 608. The maximum atomic E-state index is 4.54. The van der Waals surface area contributed by atoms with Gasteiger partial charge in [-0.2, -0.15) is 4.98 Å². The first-order valence-corrected chi connectivity index (χ1v) is 7.52. The smallest absolute Gasteiger partial charge is 0.224 e. The van der Waals surface area contributed by atoms with E-state index in [1.165, 1.54) is 11.1 Å². The van der Waals surface area contributed by atoms with Crippen molar-refractivity contribution >= 4 is 17.5 Å². The molecule has 2 rings (SSSR count). The lowest BCUT2D eigenvalue weighted by molar-refractivity contribution is 0.825. The molecule has 0 unspecified atom stereocenters. The molecule has 0 aliphatic carbocycles. The van der Waals surface area contributed by atoms with Gasteiger partial charge in [0.1, 0.15) is 5.82 Å². The van der Waals surface area contributed by atoms with Crippen molar-refractivity contribution in [3.63, 3.8) is 0 Å². The van der Waals surface area contributed by atoms with Crippen LogP contribution in [0.5, 0.6) is 0 Å². The molecule has 2 aromatic rings. The van der Waals surface area contributed by atoms with Crippen LogP contribution in [0.2, 0.25) is 0 Å². The van der Waals surface area contributed by atoms with Gasteiger partial charge in [-0.25, -0.2) is 4.98 Å². The first-order chi connectivity index (χ1) is 10.1. The van der Waals surface area contributed by atoms with Gasteiger partial charge in [-0.3, -0.25) is 0 Å². The van der Waals surface area contributed by atoms with Crippen LogP contribution in [0.3, 0.4) is 0 Å². The highest BCUT2D eigenvalue weighted by atomic mass is 15.1. The molecule has 0 aliphatic heterocycles. The lowest BCUT2D eigenvalue weighted by atomic mass is 10.1. The van der Waals surface area contributed by atoms with Crippen molar-refractivity contribution in [2.75, 3.05) is 17.2 Å². The molecule has 0 fully saturated rings. The molecule has 0 saturated heterocycles. The number of hydrogen-bond donors (Lipinski definition) is 2. The highest BCUT2D eigenvalue weighted by Crippen LogP contribution is 2.21. The maximum Gasteiger partial charge on any atom is 0.224 e. The standard InChI is InChI=1S/C17H24N4/c1-5-6-9-18-17-19-14(4)11-16(21-17)20-15-10-12(2)7-8-13(15)3/h7-8,10-11H,5-6,9H2,1-4H3,(H2,18,19,20,21). The lowest BCUT2D eigenvalue weighted by Gasteiger charge is -2.12. The molecule has 21 heavy (non-hydrogen) atoms. The number of nitrogens with one attached hydrogen (secondary N) is 2. The van der Waals surface area contributed by atoms with Crippen LogP contribution in [0.4, 0.5) is 17.5 Å². The number of anilines is 3. The van der Waals surface area contributed by atoms with Gasteiger partial charge in [-0.05, 0) is 44.4 Å². The van der Waals surface area contributed by atoms with Crippen LogP contribution in [0, 0.1) is 20.8 Å². The topological polar surface area (TPSA) is 49.8 Å². The van der Waals surface area contributed by atoms with E-state index in [2.05, 4.69) is 59.6 Å². The fraction of sp³-hybridized carbons (Fsp3) is 0.412. The molecule has 0 saturated carbocycles. The molecule has 0 radical (unpaired) electrons. The van der Waals surface area contributed by atoms with E-state index in [9.17, 15) is 0 Å². The molecule has 4 heteroatoms. The summed E-state index contributed by atoms with van der Waals surface area (Å²) in [6, 6.07) is 8.33. The second kappa shape index (κ2) is 7.07. The number of unbranched alkanes of at least 4 members (excludes halogenated alkanes) is 1. The van der Waals surface area contributed by atoms with Crippen LogP contribution >= 0.6 is 0 Å². The molecule has 0 amide bonds. The molecular formula is C17H24N4. The van der Waals surface area contributed by atoms with Gasteiger partial charge in [0, 0.05) is 24.0 Å². The summed E-state index contributed by atoms with van der Waals surface area (Å²) >= 11 is 0. The lowest BCUT2D eigenvalue weighted by Crippen LogP contribution is -2.07. The zero-order valence-electron chi connectivity index (χ0n) is 13.3. The van der Waals surface area contributed by atoms with Crippen LogP contribution < -0.4 is 10.6 Å². The SMILES string of the molecule is CCCCNc1nc(C)cc(Nc2cc(C)ccc2C)n1. The number of rotatable bonds is 6. The summed E-state index contributed by atoms with van der Waals surface area (Å²) < 4.78 is 0. The van der Waals surface area contributed by atoms with E-state index in [0.717, 1.165) is 36.6 Å². The Hall–Kier alpha value is -2.10. The normalized spacial score (nSPS) is 10.5. The number of nitrogens with zero attached hydrogens (tertiary/aromatic N) is 2. The Morgan fingerprint density at radius 2 is 1.86 bits per heavy atom. The third-order valence-electron chi connectivity index (χ3n) is 3.32. The summed E-state index contributed by atoms with van der Waals surface area (Å²) in [4.78, 5) is 8.96. The molecule has 112 valence electrons. The van der Waals surface area contributed by atoms with Crippen molar-refractivity contribution in [2.45, 2.75) is 40.5 Å². The predicted octanol–water partition coefficient (Wildman–Crippen LogP) is 4.36. The Labute approximate surface area is 127 Å². The van der Waals surface area contributed by atoms with Crippen molar-refractivity contribution in [3.05, 3.63) is 41.1 Å². The summed E-state index contributed by atoms with van der Waals surface area (Å²) in [6.07, 6.45) is 2.28. The quantitative estimate of drug-likeness (QED) is 0.774. The molecular weight excluding hydrogens is 260 g/mol. The average molecular weight is 284 g/mol. The second-order valence-electron chi connectivity index (χ2n) is 5.44. The second-order valence-corrected chi connectivity index (χ2v) is 5.44. The Morgan fingerprint density at radius 1 is 1.05 bits per heavy atom. The van der Waals surface area contributed by atoms with E-state index in [4.69, 9.17) is 0 Å². The van der Waals surface area contributed by atoms with Crippen molar-refractivity contribution < 1.29 is 0 Å². The van der Waals surface area contributed by atoms with E-state index >= 15 is 0 Å². The monoisotopic (exact) mass is 284 g/mol. The van der Waals surface area contributed by atoms with Gasteiger partial charge in [0.2, 0.25) is 5.95 Å². The van der Waals surface area contributed by atoms with Gasteiger partial charge < -0.3 is 10.6 Å². The largest absolute Gasteiger partial charge is 0.354 e. The number of aromatic nitrogens is 2. The molecule has 1 aromatic heterocycles. The van der Waals surface area contributed by atoms with Crippen LogP contribution in [0.15, 0.2) is 24.3 Å². The number of benzene rings is 1. The highest BCUT2D eigenvalue weighted by Gasteiger charge is 2.04. The molecule has 1 heterocycles. The third-order valence-corrected chi connectivity index (χ3v) is 3.32. The third kappa shape index (κ3) is 4.45. The van der Waals surface area contributed by atoms with Gasteiger partial charge >= 0.3 is 0 Å². The van der Waals surface area contributed by atoms with Crippen molar-refractivity contribution in [2.24, 2.45) is 0 Å². The van der Waals surface area contributed by atoms with Gasteiger partial charge in [0.25, 0.3) is 0 Å². The van der Waals surface area contributed by atoms with E-state index in [1.807, 2.05) is 13.0 Å². The Kier molecular flexibility index (Phi) is 5.14. The predicted molar refractivity (Wildman–Crippen MR) is 89.4 cm³/mol. The van der Waals surface area contributed by atoms with E-state index in [1.54, 1.807) is 0 Å². The summed E-state index contributed by atoms with van der Waals surface area (Å²) in [5.74, 6) is 1.52. The molecule has 2 N–H and O–H groups in total. The molecule has 0 atom stereocenters. The zero-order valence-corrected chi connectivity index (χ0v) is 13.3. The van der Waals surface area contributed by atoms with Gasteiger partial charge in [-0.15, -0.1) is 0 Å². The Morgan fingerprint density at radius 3 is 2.62 bits per heavy atom. The minimum Gasteiger partial charge on any atom is -0.354 e.